The molecule has 0 saturated heterocycles. The van der Waals surface area contributed by atoms with Crippen molar-refractivity contribution in [1.29, 1.82) is 0 Å². The van der Waals surface area contributed by atoms with E-state index in [2.05, 4.69) is 40.9 Å². The summed E-state index contributed by atoms with van der Waals surface area (Å²) in [6, 6.07) is 3.26. The Kier molecular flexibility index (Phi) is 3.82. The molecule has 0 atom stereocenters. The van der Waals surface area contributed by atoms with Crippen LogP contribution in [0.1, 0.15) is 32.3 Å². The minimum Gasteiger partial charge on any atom is -0.360 e. The lowest BCUT2D eigenvalue weighted by Crippen LogP contribution is -2.43. The highest BCUT2D eigenvalue weighted by Crippen LogP contribution is 2.28. The summed E-state index contributed by atoms with van der Waals surface area (Å²) in [6.07, 6.45) is 2.56. The third-order valence-corrected chi connectivity index (χ3v) is 3.68. The van der Waals surface area contributed by atoms with E-state index in [1.807, 2.05) is 0 Å². The van der Waals surface area contributed by atoms with E-state index in [0.717, 1.165) is 11.7 Å². The maximum absolute atomic E-state index is 5.46. The van der Waals surface area contributed by atoms with Gasteiger partial charge in [-0.1, -0.05) is 0 Å². The Morgan fingerprint density at radius 3 is 2.88 bits per heavy atom. The van der Waals surface area contributed by atoms with E-state index in [1.54, 1.807) is 11.3 Å². The summed E-state index contributed by atoms with van der Waals surface area (Å²) in [5, 5.41) is 8.57. The first-order chi connectivity index (χ1) is 7.66. The Balaban J connectivity index is 1.97. The molecule has 0 aliphatic heterocycles. The van der Waals surface area contributed by atoms with Crippen molar-refractivity contribution < 1.29 is 0 Å². The molecule has 1 N–H and O–H groups in total. The zero-order valence-corrected chi connectivity index (χ0v) is 11.4. The van der Waals surface area contributed by atoms with Gasteiger partial charge in [0.05, 0.1) is 0 Å². The maximum atomic E-state index is 5.46. The molecule has 16 heavy (non-hydrogen) atoms. The van der Waals surface area contributed by atoms with Gasteiger partial charge in [0, 0.05) is 18.6 Å². The van der Waals surface area contributed by atoms with Crippen molar-refractivity contribution in [3.05, 3.63) is 22.4 Å². The number of thiocarbonyl (C=S) groups is 1. The third kappa shape index (κ3) is 3.19. The monoisotopic (exact) mass is 254 g/mol. The largest absolute Gasteiger partial charge is 0.360 e. The Labute approximate surface area is 107 Å². The van der Waals surface area contributed by atoms with Gasteiger partial charge in [-0.05, 0) is 61.3 Å². The molecule has 0 bridgehead atoms. The highest BCUT2D eigenvalue weighted by Gasteiger charge is 2.30. The first-order valence-corrected chi connectivity index (χ1v) is 7.10. The lowest BCUT2D eigenvalue weighted by molar-refractivity contribution is 0.392. The molecule has 0 spiro atoms. The second-order valence-corrected chi connectivity index (χ2v) is 5.76. The van der Waals surface area contributed by atoms with Crippen molar-refractivity contribution in [3.63, 3.8) is 0 Å². The summed E-state index contributed by atoms with van der Waals surface area (Å²) in [5.41, 5.74) is 1.37. The van der Waals surface area contributed by atoms with Gasteiger partial charge in [0.2, 0.25) is 0 Å². The predicted octanol–water partition coefficient (Wildman–Crippen LogP) is 3.00. The van der Waals surface area contributed by atoms with Crippen LogP contribution >= 0.6 is 23.6 Å². The van der Waals surface area contributed by atoms with Gasteiger partial charge in [-0.15, -0.1) is 0 Å². The van der Waals surface area contributed by atoms with E-state index in [1.165, 1.54) is 18.4 Å². The van der Waals surface area contributed by atoms with Gasteiger partial charge in [-0.3, -0.25) is 0 Å². The number of nitrogens with zero attached hydrogens (tertiary/aromatic N) is 1. The van der Waals surface area contributed by atoms with Crippen LogP contribution in [-0.2, 0) is 6.54 Å². The zero-order valence-electron chi connectivity index (χ0n) is 9.77. The van der Waals surface area contributed by atoms with Crippen molar-refractivity contribution in [1.82, 2.24) is 10.2 Å². The number of thiophene rings is 1. The first-order valence-electron chi connectivity index (χ1n) is 5.75. The highest BCUT2D eigenvalue weighted by molar-refractivity contribution is 7.80. The van der Waals surface area contributed by atoms with Crippen LogP contribution in [0.5, 0.6) is 0 Å². The van der Waals surface area contributed by atoms with Crippen LogP contribution in [0.2, 0.25) is 0 Å². The lowest BCUT2D eigenvalue weighted by atomic mass is 10.3. The molecule has 1 fully saturated rings. The van der Waals surface area contributed by atoms with Gasteiger partial charge in [-0.2, -0.15) is 11.3 Å². The molecule has 4 heteroatoms. The predicted molar refractivity (Wildman–Crippen MR) is 73.8 cm³/mol. The second kappa shape index (κ2) is 5.15. The van der Waals surface area contributed by atoms with Crippen LogP contribution in [0.15, 0.2) is 16.8 Å². The van der Waals surface area contributed by atoms with Crippen LogP contribution in [-0.4, -0.2) is 22.1 Å². The molecule has 1 aromatic heterocycles. The fourth-order valence-electron chi connectivity index (χ4n) is 1.66. The molecule has 1 saturated carbocycles. The Bertz CT molecular complexity index is 342. The van der Waals surface area contributed by atoms with E-state index in [0.29, 0.717) is 12.1 Å². The van der Waals surface area contributed by atoms with Gasteiger partial charge in [0.1, 0.15) is 0 Å². The Hall–Kier alpha value is -0.610. The third-order valence-electron chi connectivity index (χ3n) is 2.59. The minimum atomic E-state index is 0.413. The quantitative estimate of drug-likeness (QED) is 0.832. The fraction of sp³-hybridized carbons (Fsp3) is 0.583. The fourth-order valence-corrected chi connectivity index (χ4v) is 2.77. The van der Waals surface area contributed by atoms with Gasteiger partial charge < -0.3 is 10.2 Å². The zero-order chi connectivity index (χ0) is 11.5. The summed E-state index contributed by atoms with van der Waals surface area (Å²) in [7, 11) is 0. The summed E-state index contributed by atoms with van der Waals surface area (Å²) in [5.74, 6) is 0. The molecule has 0 unspecified atom stereocenters. The Morgan fingerprint density at radius 1 is 1.62 bits per heavy atom. The van der Waals surface area contributed by atoms with Crippen molar-refractivity contribution >= 4 is 28.7 Å². The SMILES string of the molecule is CC(C)NC(=S)N(Cc1ccsc1)C1CC1. The summed E-state index contributed by atoms with van der Waals surface area (Å²) < 4.78 is 0. The molecule has 1 aliphatic rings. The standard InChI is InChI=1S/C12H18N2S2/c1-9(2)13-12(15)14(11-3-4-11)7-10-5-6-16-8-10/h5-6,8-9,11H,3-4,7H2,1-2H3,(H,13,15). The second-order valence-electron chi connectivity index (χ2n) is 4.59. The molecule has 2 rings (SSSR count). The van der Waals surface area contributed by atoms with Crippen molar-refractivity contribution in [2.75, 3.05) is 0 Å². The number of hydrogen-bond donors (Lipinski definition) is 1. The van der Waals surface area contributed by atoms with Gasteiger partial charge in [-0.25, -0.2) is 0 Å². The molecular weight excluding hydrogens is 236 g/mol. The number of hydrogen-bond acceptors (Lipinski definition) is 2. The van der Waals surface area contributed by atoms with E-state index in [9.17, 15) is 0 Å². The minimum absolute atomic E-state index is 0.413. The summed E-state index contributed by atoms with van der Waals surface area (Å²) >= 11 is 7.21. The first kappa shape index (κ1) is 11.9. The lowest BCUT2D eigenvalue weighted by Gasteiger charge is -2.26. The van der Waals surface area contributed by atoms with Gasteiger partial charge in [0.15, 0.2) is 5.11 Å². The van der Waals surface area contributed by atoms with E-state index >= 15 is 0 Å². The van der Waals surface area contributed by atoms with Crippen LogP contribution in [0.4, 0.5) is 0 Å². The molecule has 88 valence electrons. The number of nitrogens with one attached hydrogen (secondary N) is 1. The van der Waals surface area contributed by atoms with E-state index < -0.39 is 0 Å². The molecule has 2 nitrogen and oxygen atoms in total. The van der Waals surface area contributed by atoms with Crippen LogP contribution in [0.3, 0.4) is 0 Å². The average molecular weight is 254 g/mol. The molecule has 1 heterocycles. The van der Waals surface area contributed by atoms with Crippen LogP contribution in [0.25, 0.3) is 0 Å². The van der Waals surface area contributed by atoms with Crippen LogP contribution in [0, 0.1) is 0 Å². The Morgan fingerprint density at radius 2 is 2.38 bits per heavy atom. The maximum Gasteiger partial charge on any atom is 0.169 e. The molecule has 0 aromatic carbocycles. The normalized spacial score (nSPS) is 15.2. The van der Waals surface area contributed by atoms with E-state index in [-0.39, 0.29) is 0 Å². The molecule has 0 amide bonds. The van der Waals surface area contributed by atoms with Crippen LogP contribution < -0.4 is 5.32 Å². The highest BCUT2D eigenvalue weighted by atomic mass is 32.1. The van der Waals surface area contributed by atoms with Gasteiger partial charge in [0.25, 0.3) is 0 Å². The topological polar surface area (TPSA) is 15.3 Å². The summed E-state index contributed by atoms with van der Waals surface area (Å²) in [6.45, 7) is 5.21. The van der Waals surface area contributed by atoms with Gasteiger partial charge >= 0.3 is 0 Å². The smallest absolute Gasteiger partial charge is 0.169 e. The van der Waals surface area contributed by atoms with Crippen molar-refractivity contribution in [2.45, 2.75) is 45.3 Å². The number of rotatable bonds is 4. The van der Waals surface area contributed by atoms with Crippen molar-refractivity contribution in [2.24, 2.45) is 0 Å². The average Bonchev–Trinajstić information content (AvgIpc) is 2.91. The van der Waals surface area contributed by atoms with Crippen molar-refractivity contribution in [3.8, 4) is 0 Å². The van der Waals surface area contributed by atoms with E-state index in [4.69, 9.17) is 12.2 Å². The molecule has 1 aliphatic carbocycles. The molecule has 1 aromatic rings. The summed E-state index contributed by atoms with van der Waals surface area (Å²) in [4.78, 5) is 2.33. The molecule has 0 radical (unpaired) electrons. The molecular formula is C12H18N2S2.